The van der Waals surface area contributed by atoms with Crippen LogP contribution in [-0.4, -0.2) is 21.4 Å². The van der Waals surface area contributed by atoms with E-state index in [1.54, 1.807) is 20.8 Å². The number of nitro benzene ring substituents is 2. The lowest BCUT2D eigenvalue weighted by molar-refractivity contribution is -0.422. The molecule has 0 aliphatic heterocycles. The number of carbonyl (C=O) groups excluding carboxylic acids is 2. The Kier molecular flexibility index (Phi) is 4.52. The number of rotatable bonds is 5. The maximum atomic E-state index is 11.9. The van der Waals surface area contributed by atoms with Crippen LogP contribution >= 0.6 is 0 Å². The van der Waals surface area contributed by atoms with Gasteiger partial charge in [0.25, 0.3) is 0 Å². The minimum Gasteiger partial charge on any atom is -0.299 e. The molecule has 1 rings (SSSR count). The highest BCUT2D eigenvalue weighted by atomic mass is 16.6. The minimum atomic E-state index is -0.930. The van der Waals surface area contributed by atoms with Gasteiger partial charge in [0.05, 0.1) is 16.3 Å². The molecular formula is C13H14N2O6. The van der Waals surface area contributed by atoms with Crippen LogP contribution in [0.2, 0.25) is 0 Å². The first-order valence-electron chi connectivity index (χ1n) is 6.03. The van der Waals surface area contributed by atoms with Gasteiger partial charge in [-0.1, -0.05) is 20.8 Å². The monoisotopic (exact) mass is 294 g/mol. The van der Waals surface area contributed by atoms with E-state index in [0.29, 0.717) is 0 Å². The molecule has 0 aromatic heterocycles. The van der Waals surface area contributed by atoms with Crippen LogP contribution < -0.4 is 0 Å². The number of Topliss-reactive ketones (excluding diaryl/α,β-unsaturated/α-hetero) is 2. The Morgan fingerprint density at radius 3 is 2.00 bits per heavy atom. The molecule has 0 radical (unpaired) electrons. The number of hydrogen-bond donors (Lipinski definition) is 0. The maximum absolute atomic E-state index is 11.9. The van der Waals surface area contributed by atoms with Crippen molar-refractivity contribution in [3.63, 3.8) is 0 Å². The molecule has 21 heavy (non-hydrogen) atoms. The van der Waals surface area contributed by atoms with Crippen LogP contribution in [0, 0.1) is 25.6 Å². The molecule has 0 amide bonds. The number of hydrogen-bond acceptors (Lipinski definition) is 6. The molecule has 0 fully saturated rings. The van der Waals surface area contributed by atoms with Crippen LogP contribution in [0.25, 0.3) is 0 Å². The number of nitrogens with zero attached hydrogens (tertiary/aromatic N) is 2. The Hall–Kier alpha value is -2.64. The number of ketones is 2. The molecule has 8 heteroatoms. The van der Waals surface area contributed by atoms with Crippen molar-refractivity contribution in [1.29, 1.82) is 0 Å². The fraction of sp³-hybridized carbons (Fsp3) is 0.385. The normalized spacial score (nSPS) is 11.0. The highest BCUT2D eigenvalue weighted by molar-refractivity contribution is 6.09. The topological polar surface area (TPSA) is 120 Å². The van der Waals surface area contributed by atoms with Crippen LogP contribution in [0.1, 0.15) is 37.6 Å². The summed E-state index contributed by atoms with van der Waals surface area (Å²) in [6.07, 6.45) is -0.404. The zero-order valence-electron chi connectivity index (χ0n) is 11.8. The molecule has 0 heterocycles. The predicted molar refractivity (Wildman–Crippen MR) is 73.2 cm³/mol. The van der Waals surface area contributed by atoms with Gasteiger partial charge in [0, 0.05) is 23.1 Å². The molecule has 0 N–H and O–H groups in total. The molecule has 0 saturated heterocycles. The van der Waals surface area contributed by atoms with E-state index in [1.165, 1.54) is 0 Å². The molecule has 0 saturated carbocycles. The van der Waals surface area contributed by atoms with Crippen LogP contribution in [0.5, 0.6) is 0 Å². The zero-order valence-corrected chi connectivity index (χ0v) is 11.8. The minimum absolute atomic E-state index is 0.0927. The van der Waals surface area contributed by atoms with Gasteiger partial charge in [-0.05, 0) is 6.07 Å². The third-order valence-corrected chi connectivity index (χ3v) is 2.85. The van der Waals surface area contributed by atoms with E-state index in [9.17, 15) is 29.8 Å². The first-order valence-corrected chi connectivity index (χ1v) is 6.03. The van der Waals surface area contributed by atoms with Crippen molar-refractivity contribution in [3.05, 3.63) is 44.0 Å². The first-order chi connectivity index (χ1) is 9.54. The van der Waals surface area contributed by atoms with Crippen molar-refractivity contribution in [3.8, 4) is 0 Å². The van der Waals surface area contributed by atoms with Crippen molar-refractivity contribution in [2.24, 2.45) is 5.41 Å². The van der Waals surface area contributed by atoms with Crippen molar-refractivity contribution in [2.75, 3.05) is 0 Å². The molecular weight excluding hydrogens is 280 g/mol. The van der Waals surface area contributed by atoms with Crippen molar-refractivity contribution >= 4 is 22.9 Å². The highest BCUT2D eigenvalue weighted by Crippen LogP contribution is 2.28. The second-order valence-corrected chi connectivity index (χ2v) is 5.49. The van der Waals surface area contributed by atoms with Gasteiger partial charge in [0.2, 0.25) is 0 Å². The predicted octanol–water partition coefficient (Wildman–Crippen LogP) is 2.69. The van der Waals surface area contributed by atoms with E-state index >= 15 is 0 Å². The standard InChI is InChI=1S/C13H14N2O6/c1-13(2,3)12(17)7-11(16)8-4-5-9(14(18)19)10(6-8)15(20)21/h4-6H,7H2,1-3H3. The average molecular weight is 294 g/mol. The summed E-state index contributed by atoms with van der Waals surface area (Å²) in [4.78, 5) is 43.4. The Balaban J connectivity index is 3.13. The molecule has 1 aromatic rings. The quantitative estimate of drug-likeness (QED) is 0.356. The lowest BCUT2D eigenvalue weighted by Gasteiger charge is -2.15. The summed E-state index contributed by atoms with van der Waals surface area (Å²) in [5.41, 5.74) is -2.26. The Morgan fingerprint density at radius 2 is 1.57 bits per heavy atom. The maximum Gasteiger partial charge on any atom is 0.346 e. The molecule has 0 aliphatic rings. The van der Waals surface area contributed by atoms with Crippen molar-refractivity contribution in [2.45, 2.75) is 27.2 Å². The summed E-state index contributed by atoms with van der Waals surface area (Å²) in [6.45, 7) is 4.96. The molecule has 0 aliphatic carbocycles. The van der Waals surface area contributed by atoms with Gasteiger partial charge in [-0.2, -0.15) is 0 Å². The Labute approximate surface area is 120 Å². The molecule has 0 bridgehead atoms. The van der Waals surface area contributed by atoms with Crippen LogP contribution in [0.15, 0.2) is 18.2 Å². The second kappa shape index (κ2) is 5.78. The van der Waals surface area contributed by atoms with Crippen LogP contribution in [-0.2, 0) is 4.79 Å². The number of carbonyl (C=O) groups is 2. The highest BCUT2D eigenvalue weighted by Gasteiger charge is 2.28. The fourth-order valence-electron chi connectivity index (χ4n) is 1.51. The summed E-state index contributed by atoms with van der Waals surface area (Å²) in [7, 11) is 0. The van der Waals surface area contributed by atoms with E-state index in [0.717, 1.165) is 18.2 Å². The Bertz CT molecular complexity index is 630. The molecule has 0 spiro atoms. The number of nitro groups is 2. The molecule has 8 nitrogen and oxygen atoms in total. The van der Waals surface area contributed by atoms with E-state index in [4.69, 9.17) is 0 Å². The summed E-state index contributed by atoms with van der Waals surface area (Å²) < 4.78 is 0. The van der Waals surface area contributed by atoms with Crippen LogP contribution in [0.4, 0.5) is 11.4 Å². The molecule has 1 aromatic carbocycles. The van der Waals surface area contributed by atoms with E-state index in [2.05, 4.69) is 0 Å². The second-order valence-electron chi connectivity index (χ2n) is 5.49. The first kappa shape index (κ1) is 16.4. The summed E-state index contributed by atoms with van der Waals surface area (Å²) in [5, 5.41) is 21.5. The zero-order chi connectivity index (χ0) is 16.4. The van der Waals surface area contributed by atoms with Gasteiger partial charge in [-0.3, -0.25) is 29.8 Å². The SMILES string of the molecule is CC(C)(C)C(=O)CC(=O)c1ccc([N+](=O)[O-])c([N+](=O)[O-])c1. The fourth-order valence-corrected chi connectivity index (χ4v) is 1.51. The van der Waals surface area contributed by atoms with E-state index in [-0.39, 0.29) is 11.3 Å². The third kappa shape index (κ3) is 3.91. The third-order valence-electron chi connectivity index (χ3n) is 2.85. The van der Waals surface area contributed by atoms with E-state index < -0.39 is 38.8 Å². The van der Waals surface area contributed by atoms with Crippen molar-refractivity contribution < 1.29 is 19.4 Å². The van der Waals surface area contributed by atoms with Gasteiger partial charge in [-0.25, -0.2) is 0 Å². The van der Waals surface area contributed by atoms with Gasteiger partial charge < -0.3 is 0 Å². The van der Waals surface area contributed by atoms with Gasteiger partial charge in [0.1, 0.15) is 5.78 Å². The van der Waals surface area contributed by atoms with Gasteiger partial charge in [0.15, 0.2) is 5.78 Å². The van der Waals surface area contributed by atoms with E-state index in [1.807, 2.05) is 0 Å². The van der Waals surface area contributed by atoms with Crippen molar-refractivity contribution in [1.82, 2.24) is 0 Å². The summed E-state index contributed by atoms with van der Waals surface area (Å²) in [5.74, 6) is -0.915. The smallest absolute Gasteiger partial charge is 0.299 e. The van der Waals surface area contributed by atoms with Crippen LogP contribution in [0.3, 0.4) is 0 Å². The lowest BCUT2D eigenvalue weighted by atomic mass is 9.87. The average Bonchev–Trinajstić information content (AvgIpc) is 2.36. The molecule has 0 atom stereocenters. The molecule has 112 valence electrons. The van der Waals surface area contributed by atoms with Gasteiger partial charge in [-0.15, -0.1) is 0 Å². The largest absolute Gasteiger partial charge is 0.346 e. The molecule has 0 unspecified atom stereocenters. The summed E-state index contributed by atoms with van der Waals surface area (Å²) in [6, 6.07) is 2.84. The number of benzene rings is 1. The Morgan fingerprint density at radius 1 is 1.05 bits per heavy atom. The summed E-state index contributed by atoms with van der Waals surface area (Å²) >= 11 is 0. The lowest BCUT2D eigenvalue weighted by Crippen LogP contribution is -2.23. The van der Waals surface area contributed by atoms with Gasteiger partial charge >= 0.3 is 11.4 Å².